The molecule has 0 saturated carbocycles. The van der Waals surface area contributed by atoms with Crippen molar-refractivity contribution in [1.29, 1.82) is 0 Å². The van der Waals surface area contributed by atoms with E-state index in [9.17, 15) is 0 Å². The molecule has 2 aromatic rings. The fourth-order valence-corrected chi connectivity index (χ4v) is 2.12. The molecule has 1 aromatic carbocycles. The summed E-state index contributed by atoms with van der Waals surface area (Å²) >= 11 is 3.50. The molecule has 0 aliphatic heterocycles. The molecule has 0 saturated heterocycles. The quantitative estimate of drug-likeness (QED) is 0.849. The number of nitrogens with zero attached hydrogens (tertiary/aromatic N) is 2. The van der Waals surface area contributed by atoms with Gasteiger partial charge in [-0.2, -0.15) is 0 Å². The van der Waals surface area contributed by atoms with Crippen molar-refractivity contribution < 1.29 is 0 Å². The standard InChI is InChI=1S/C11H12BrN3/c1-2-11-14-5-6-15(11)10-4-3-8(13)7-9(10)12/h3-7H,2,13H2,1H3. The molecule has 4 heteroatoms. The van der Waals surface area contributed by atoms with E-state index in [0.29, 0.717) is 0 Å². The van der Waals surface area contributed by atoms with Crippen molar-refractivity contribution in [3.8, 4) is 5.69 Å². The van der Waals surface area contributed by atoms with E-state index in [1.165, 1.54) is 0 Å². The second-order valence-corrected chi connectivity index (χ2v) is 4.13. The number of nitrogen functional groups attached to an aromatic ring is 1. The summed E-state index contributed by atoms with van der Waals surface area (Å²) < 4.78 is 3.04. The van der Waals surface area contributed by atoms with E-state index in [4.69, 9.17) is 5.73 Å². The molecule has 1 aromatic heterocycles. The van der Waals surface area contributed by atoms with Crippen molar-refractivity contribution in [3.05, 3.63) is 40.9 Å². The third kappa shape index (κ3) is 1.90. The Balaban J connectivity index is 2.54. The van der Waals surface area contributed by atoms with Crippen LogP contribution in [0, 0.1) is 0 Å². The van der Waals surface area contributed by atoms with Crippen molar-refractivity contribution in [2.24, 2.45) is 0 Å². The van der Waals surface area contributed by atoms with Crippen LogP contribution in [0.2, 0.25) is 0 Å². The van der Waals surface area contributed by atoms with Crippen LogP contribution in [0.25, 0.3) is 5.69 Å². The Morgan fingerprint density at radius 1 is 1.47 bits per heavy atom. The topological polar surface area (TPSA) is 43.8 Å². The molecular formula is C11H12BrN3. The van der Waals surface area contributed by atoms with Crippen LogP contribution in [0.5, 0.6) is 0 Å². The minimum absolute atomic E-state index is 0.754. The maximum atomic E-state index is 5.70. The SMILES string of the molecule is CCc1nccn1-c1ccc(N)cc1Br. The molecule has 15 heavy (non-hydrogen) atoms. The Morgan fingerprint density at radius 3 is 2.93 bits per heavy atom. The number of hydrogen-bond donors (Lipinski definition) is 1. The van der Waals surface area contributed by atoms with Crippen molar-refractivity contribution in [3.63, 3.8) is 0 Å². The molecule has 2 N–H and O–H groups in total. The Hall–Kier alpha value is -1.29. The molecule has 0 fully saturated rings. The Kier molecular flexibility index (Phi) is 2.77. The van der Waals surface area contributed by atoms with E-state index >= 15 is 0 Å². The Morgan fingerprint density at radius 2 is 2.27 bits per heavy atom. The molecule has 0 aliphatic carbocycles. The average Bonchev–Trinajstić information content (AvgIpc) is 2.65. The number of imidazole rings is 1. The summed E-state index contributed by atoms with van der Waals surface area (Å²) in [5.41, 5.74) is 7.52. The van der Waals surface area contributed by atoms with Gasteiger partial charge in [0, 0.05) is 29.0 Å². The molecule has 0 aliphatic rings. The first-order chi connectivity index (χ1) is 7.22. The molecule has 1 heterocycles. The van der Waals surface area contributed by atoms with Crippen LogP contribution in [0.3, 0.4) is 0 Å². The van der Waals surface area contributed by atoms with Gasteiger partial charge in [0.05, 0.1) is 5.69 Å². The lowest BCUT2D eigenvalue weighted by atomic mass is 10.3. The number of hydrogen-bond acceptors (Lipinski definition) is 2. The minimum atomic E-state index is 0.754. The van der Waals surface area contributed by atoms with Gasteiger partial charge >= 0.3 is 0 Å². The zero-order valence-corrected chi connectivity index (χ0v) is 10.0. The monoisotopic (exact) mass is 265 g/mol. The first kappa shape index (κ1) is 10.2. The number of benzene rings is 1. The first-order valence-corrected chi connectivity index (χ1v) is 5.59. The van der Waals surface area contributed by atoms with E-state index < -0.39 is 0 Å². The first-order valence-electron chi connectivity index (χ1n) is 4.80. The Labute approximate surface area is 97.1 Å². The third-order valence-corrected chi connectivity index (χ3v) is 2.90. The lowest BCUT2D eigenvalue weighted by Gasteiger charge is -2.09. The largest absolute Gasteiger partial charge is 0.399 e. The lowest BCUT2D eigenvalue weighted by Crippen LogP contribution is -2.00. The van der Waals surface area contributed by atoms with Crippen molar-refractivity contribution in [2.45, 2.75) is 13.3 Å². The number of anilines is 1. The van der Waals surface area contributed by atoms with E-state index in [1.807, 2.05) is 30.6 Å². The summed E-state index contributed by atoms with van der Waals surface area (Å²) in [5, 5.41) is 0. The van der Waals surface area contributed by atoms with Gasteiger partial charge in [0.25, 0.3) is 0 Å². The third-order valence-electron chi connectivity index (χ3n) is 2.26. The van der Waals surface area contributed by atoms with Crippen molar-refractivity contribution in [2.75, 3.05) is 5.73 Å². The summed E-state index contributed by atoms with van der Waals surface area (Å²) in [4.78, 5) is 4.29. The highest BCUT2D eigenvalue weighted by atomic mass is 79.9. The maximum absolute atomic E-state index is 5.70. The molecule has 2 rings (SSSR count). The van der Waals surface area contributed by atoms with Crippen LogP contribution in [0.1, 0.15) is 12.7 Å². The molecule has 0 unspecified atom stereocenters. The summed E-state index contributed by atoms with van der Waals surface area (Å²) in [6.45, 7) is 2.09. The fraction of sp³-hybridized carbons (Fsp3) is 0.182. The minimum Gasteiger partial charge on any atom is -0.399 e. The highest BCUT2D eigenvalue weighted by Gasteiger charge is 2.06. The van der Waals surface area contributed by atoms with E-state index in [1.54, 1.807) is 0 Å². The molecule has 0 radical (unpaired) electrons. The number of aromatic nitrogens is 2. The number of rotatable bonds is 2. The maximum Gasteiger partial charge on any atom is 0.112 e. The van der Waals surface area contributed by atoms with Crippen LogP contribution < -0.4 is 5.73 Å². The molecule has 0 bridgehead atoms. The van der Waals surface area contributed by atoms with E-state index in [0.717, 1.165) is 28.1 Å². The zero-order valence-electron chi connectivity index (χ0n) is 8.44. The molecule has 78 valence electrons. The van der Waals surface area contributed by atoms with Gasteiger partial charge in [0.15, 0.2) is 0 Å². The van der Waals surface area contributed by atoms with Gasteiger partial charge in [0.1, 0.15) is 5.82 Å². The molecule has 0 spiro atoms. The van der Waals surface area contributed by atoms with Crippen molar-refractivity contribution >= 4 is 21.6 Å². The predicted molar refractivity (Wildman–Crippen MR) is 65.1 cm³/mol. The summed E-state index contributed by atoms with van der Waals surface area (Å²) in [5.74, 6) is 1.04. The molecule has 0 amide bonds. The summed E-state index contributed by atoms with van der Waals surface area (Å²) in [7, 11) is 0. The van der Waals surface area contributed by atoms with Gasteiger partial charge in [-0.15, -0.1) is 0 Å². The molecular weight excluding hydrogens is 254 g/mol. The summed E-state index contributed by atoms with van der Waals surface area (Å²) in [6.07, 6.45) is 4.67. The van der Waals surface area contributed by atoms with Crippen LogP contribution in [-0.4, -0.2) is 9.55 Å². The highest BCUT2D eigenvalue weighted by Crippen LogP contribution is 2.24. The van der Waals surface area contributed by atoms with Crippen molar-refractivity contribution in [1.82, 2.24) is 9.55 Å². The van der Waals surface area contributed by atoms with Crippen LogP contribution in [-0.2, 0) is 6.42 Å². The second-order valence-electron chi connectivity index (χ2n) is 3.28. The van der Waals surface area contributed by atoms with Crippen LogP contribution >= 0.6 is 15.9 Å². The number of aryl methyl sites for hydroxylation is 1. The van der Waals surface area contributed by atoms with Gasteiger partial charge in [-0.25, -0.2) is 4.98 Å². The summed E-state index contributed by atoms with van der Waals surface area (Å²) in [6, 6.07) is 5.77. The second kappa shape index (κ2) is 4.06. The molecule has 3 nitrogen and oxygen atoms in total. The van der Waals surface area contributed by atoms with Gasteiger partial charge in [0.2, 0.25) is 0 Å². The zero-order chi connectivity index (χ0) is 10.8. The Bertz CT molecular complexity index is 476. The number of halogens is 1. The van der Waals surface area contributed by atoms with Gasteiger partial charge in [-0.1, -0.05) is 6.92 Å². The van der Waals surface area contributed by atoms with Crippen LogP contribution in [0.15, 0.2) is 35.1 Å². The normalized spacial score (nSPS) is 10.5. The van der Waals surface area contributed by atoms with E-state index in [2.05, 4.69) is 32.4 Å². The lowest BCUT2D eigenvalue weighted by molar-refractivity contribution is 0.888. The van der Waals surface area contributed by atoms with Gasteiger partial charge < -0.3 is 10.3 Å². The van der Waals surface area contributed by atoms with E-state index in [-0.39, 0.29) is 0 Å². The average molecular weight is 266 g/mol. The smallest absolute Gasteiger partial charge is 0.112 e. The van der Waals surface area contributed by atoms with Gasteiger partial charge in [-0.3, -0.25) is 0 Å². The predicted octanol–water partition coefficient (Wildman–Crippen LogP) is 2.78. The highest BCUT2D eigenvalue weighted by molar-refractivity contribution is 9.10. The van der Waals surface area contributed by atoms with Crippen LogP contribution in [0.4, 0.5) is 5.69 Å². The fourth-order valence-electron chi connectivity index (χ4n) is 1.53. The molecule has 0 atom stereocenters. The number of nitrogens with two attached hydrogens (primary N) is 1. The van der Waals surface area contributed by atoms with Gasteiger partial charge in [-0.05, 0) is 34.1 Å².